The first kappa shape index (κ1) is 15.7. The van der Waals surface area contributed by atoms with E-state index < -0.39 is 6.29 Å². The Hall–Kier alpha value is -0.740. The van der Waals surface area contributed by atoms with Crippen LogP contribution in [0, 0.1) is 5.92 Å². The molecule has 0 radical (unpaired) electrons. The summed E-state index contributed by atoms with van der Waals surface area (Å²) in [6.07, 6.45) is -0.0694. The summed E-state index contributed by atoms with van der Waals surface area (Å²) in [6, 6.07) is 0. The zero-order valence-electron chi connectivity index (χ0n) is 9.28. The van der Waals surface area contributed by atoms with Crippen molar-refractivity contribution in [3.8, 4) is 0 Å². The molecule has 0 aliphatic rings. The van der Waals surface area contributed by atoms with E-state index in [1.807, 2.05) is 6.92 Å². The fourth-order valence-electron chi connectivity index (χ4n) is 0.861. The van der Waals surface area contributed by atoms with Crippen molar-refractivity contribution in [1.82, 2.24) is 0 Å². The van der Waals surface area contributed by atoms with Crippen molar-refractivity contribution >= 4 is 11.6 Å². The second-order valence-electron chi connectivity index (χ2n) is 3.07. The smallest absolute Gasteiger partial charge is 0.151 e. The van der Waals surface area contributed by atoms with Gasteiger partial charge in [0.25, 0.3) is 0 Å². The van der Waals surface area contributed by atoms with E-state index in [9.17, 15) is 9.59 Å². The first-order chi connectivity index (χ1) is 6.36. The van der Waals surface area contributed by atoms with Gasteiger partial charge in [-0.3, -0.25) is 9.59 Å². The number of Topliss-reactive ketones (excluding diaryl/α,β-unsaturated/α-hetero) is 2. The minimum atomic E-state index is -1.12. The molecule has 0 atom stereocenters. The van der Waals surface area contributed by atoms with Gasteiger partial charge in [-0.05, 0) is 26.7 Å². The average molecular weight is 204 g/mol. The molecule has 0 saturated heterocycles. The predicted molar refractivity (Wildman–Crippen MR) is 53.7 cm³/mol. The number of aliphatic hydroxyl groups is 2. The van der Waals surface area contributed by atoms with Gasteiger partial charge in [-0.2, -0.15) is 0 Å². The summed E-state index contributed by atoms with van der Waals surface area (Å²) in [5.41, 5.74) is 0. The molecule has 0 aromatic heterocycles. The topological polar surface area (TPSA) is 74.6 Å². The zero-order chi connectivity index (χ0) is 11.7. The SMILES string of the molecule is CCC(C(C)=O)C(C)=O.CCC(O)O. The van der Waals surface area contributed by atoms with Crippen LogP contribution in [0.4, 0.5) is 0 Å². The van der Waals surface area contributed by atoms with Crippen LogP contribution in [-0.2, 0) is 9.59 Å². The van der Waals surface area contributed by atoms with E-state index in [1.54, 1.807) is 6.92 Å². The van der Waals surface area contributed by atoms with Gasteiger partial charge in [0.1, 0.15) is 11.6 Å². The maximum atomic E-state index is 10.6. The highest BCUT2D eigenvalue weighted by atomic mass is 16.5. The lowest BCUT2D eigenvalue weighted by Gasteiger charge is -2.03. The zero-order valence-corrected chi connectivity index (χ0v) is 9.28. The average Bonchev–Trinajstić information content (AvgIpc) is 2.05. The van der Waals surface area contributed by atoms with Crippen LogP contribution in [0.15, 0.2) is 0 Å². The summed E-state index contributed by atoms with van der Waals surface area (Å²) in [5.74, 6) is -0.403. The molecule has 0 spiro atoms. The van der Waals surface area contributed by atoms with Crippen LogP contribution in [0.3, 0.4) is 0 Å². The second-order valence-corrected chi connectivity index (χ2v) is 3.07. The van der Waals surface area contributed by atoms with Gasteiger partial charge >= 0.3 is 0 Å². The number of hydrogen-bond acceptors (Lipinski definition) is 4. The highest BCUT2D eigenvalue weighted by Crippen LogP contribution is 2.03. The molecule has 0 aromatic rings. The molecular weight excluding hydrogens is 184 g/mol. The molecule has 84 valence electrons. The third kappa shape index (κ3) is 9.35. The van der Waals surface area contributed by atoms with E-state index in [0.29, 0.717) is 12.8 Å². The minimum absolute atomic E-state index is 0.0231. The molecule has 0 saturated carbocycles. The molecule has 0 unspecified atom stereocenters. The molecule has 2 N–H and O–H groups in total. The van der Waals surface area contributed by atoms with Crippen LogP contribution in [0.25, 0.3) is 0 Å². The molecule has 0 bridgehead atoms. The molecule has 0 aliphatic heterocycles. The monoisotopic (exact) mass is 204 g/mol. The van der Waals surface area contributed by atoms with Gasteiger partial charge in [0.15, 0.2) is 6.29 Å². The molecule has 4 nitrogen and oxygen atoms in total. The van der Waals surface area contributed by atoms with Crippen LogP contribution in [0.2, 0.25) is 0 Å². The Kier molecular flexibility index (Phi) is 9.93. The lowest BCUT2D eigenvalue weighted by molar-refractivity contribution is -0.130. The van der Waals surface area contributed by atoms with E-state index in [4.69, 9.17) is 10.2 Å². The lowest BCUT2D eigenvalue weighted by atomic mass is 9.98. The maximum Gasteiger partial charge on any atom is 0.151 e. The molecule has 0 aliphatic carbocycles. The van der Waals surface area contributed by atoms with Crippen molar-refractivity contribution in [2.75, 3.05) is 0 Å². The number of rotatable bonds is 4. The Labute approximate surface area is 84.9 Å². The largest absolute Gasteiger partial charge is 0.368 e. The van der Waals surface area contributed by atoms with Crippen LogP contribution < -0.4 is 0 Å². The summed E-state index contributed by atoms with van der Waals surface area (Å²) in [5, 5.41) is 15.8. The lowest BCUT2D eigenvalue weighted by Crippen LogP contribution is -2.17. The molecule has 0 amide bonds. The van der Waals surface area contributed by atoms with Crippen LogP contribution in [0.5, 0.6) is 0 Å². The highest BCUT2D eigenvalue weighted by molar-refractivity contribution is 6.00. The van der Waals surface area contributed by atoms with Gasteiger partial charge in [-0.1, -0.05) is 13.8 Å². The fraction of sp³-hybridized carbons (Fsp3) is 0.800. The summed E-state index contributed by atoms with van der Waals surface area (Å²) in [7, 11) is 0. The van der Waals surface area contributed by atoms with Gasteiger partial charge in [-0.15, -0.1) is 0 Å². The van der Waals surface area contributed by atoms with Crippen molar-refractivity contribution in [1.29, 1.82) is 0 Å². The fourth-order valence-corrected chi connectivity index (χ4v) is 0.861. The molecule has 4 heteroatoms. The molecule has 0 rings (SSSR count). The van der Waals surface area contributed by atoms with Crippen molar-refractivity contribution in [3.05, 3.63) is 0 Å². The summed E-state index contributed by atoms with van der Waals surface area (Å²) < 4.78 is 0. The quantitative estimate of drug-likeness (QED) is 0.527. The van der Waals surface area contributed by atoms with Crippen LogP contribution in [0.1, 0.15) is 40.5 Å². The number of hydrogen-bond donors (Lipinski definition) is 2. The minimum Gasteiger partial charge on any atom is -0.368 e. The van der Waals surface area contributed by atoms with E-state index in [2.05, 4.69) is 0 Å². The third-order valence-electron chi connectivity index (χ3n) is 1.75. The van der Waals surface area contributed by atoms with Crippen molar-refractivity contribution < 1.29 is 19.8 Å². The maximum absolute atomic E-state index is 10.6. The Morgan fingerprint density at radius 2 is 1.29 bits per heavy atom. The van der Waals surface area contributed by atoms with E-state index in [0.717, 1.165) is 0 Å². The van der Waals surface area contributed by atoms with Crippen LogP contribution >= 0.6 is 0 Å². The number of ketones is 2. The molecular formula is C10H20O4. The van der Waals surface area contributed by atoms with E-state index in [1.165, 1.54) is 13.8 Å². The van der Waals surface area contributed by atoms with Crippen molar-refractivity contribution in [2.24, 2.45) is 5.92 Å². The first-order valence-electron chi connectivity index (χ1n) is 4.73. The van der Waals surface area contributed by atoms with Crippen LogP contribution in [-0.4, -0.2) is 28.1 Å². The Balaban J connectivity index is 0. The number of carbonyl (C=O) groups excluding carboxylic acids is 2. The molecule has 0 aromatic carbocycles. The van der Waals surface area contributed by atoms with Gasteiger partial charge in [0, 0.05) is 0 Å². The first-order valence-corrected chi connectivity index (χ1v) is 4.73. The van der Waals surface area contributed by atoms with E-state index >= 15 is 0 Å². The normalized spacial score (nSPS) is 9.71. The summed E-state index contributed by atoms with van der Waals surface area (Å²) >= 11 is 0. The standard InChI is InChI=1S/C7H12O2.C3H8O2/c1-4-7(5(2)8)6(3)9;1-2-3(4)5/h7H,4H2,1-3H3;3-5H,2H2,1H3. The predicted octanol–water partition coefficient (Wildman–Crippen LogP) is 0.898. The molecule has 0 heterocycles. The van der Waals surface area contributed by atoms with Crippen molar-refractivity contribution in [3.63, 3.8) is 0 Å². The van der Waals surface area contributed by atoms with E-state index in [-0.39, 0.29) is 17.5 Å². The second kappa shape index (κ2) is 8.84. The van der Waals surface area contributed by atoms with Gasteiger partial charge < -0.3 is 10.2 Å². The number of aliphatic hydroxyl groups excluding tert-OH is 1. The van der Waals surface area contributed by atoms with Gasteiger partial charge in [-0.25, -0.2) is 0 Å². The van der Waals surface area contributed by atoms with Crippen molar-refractivity contribution in [2.45, 2.75) is 46.8 Å². The van der Waals surface area contributed by atoms with Gasteiger partial charge in [0.05, 0.1) is 5.92 Å². The third-order valence-corrected chi connectivity index (χ3v) is 1.75. The molecule has 14 heavy (non-hydrogen) atoms. The van der Waals surface area contributed by atoms with Gasteiger partial charge in [0.2, 0.25) is 0 Å². The Morgan fingerprint density at radius 1 is 1.00 bits per heavy atom. The number of carbonyl (C=O) groups is 2. The summed E-state index contributed by atoms with van der Waals surface area (Å²) in [6.45, 7) is 6.45. The molecule has 0 fully saturated rings. The highest BCUT2D eigenvalue weighted by Gasteiger charge is 2.15. The Bertz CT molecular complexity index is 161. The Morgan fingerprint density at radius 3 is 1.29 bits per heavy atom. The summed E-state index contributed by atoms with van der Waals surface area (Å²) in [4.78, 5) is 21.2.